The zero-order chi connectivity index (χ0) is 13.9. The topological polar surface area (TPSA) is 65.9 Å². The monoisotopic (exact) mass is 282 g/mol. The van der Waals surface area contributed by atoms with Gasteiger partial charge in [0.15, 0.2) is 0 Å². The van der Waals surface area contributed by atoms with E-state index in [1.54, 1.807) is 6.20 Å². The Hall–Kier alpha value is -2.19. The summed E-state index contributed by atoms with van der Waals surface area (Å²) in [5, 5.41) is 9.13. The molecule has 0 atom stereocenters. The van der Waals surface area contributed by atoms with Crippen molar-refractivity contribution in [3.8, 4) is 6.07 Å². The van der Waals surface area contributed by atoms with Crippen molar-refractivity contribution in [2.24, 2.45) is 0 Å². The van der Waals surface area contributed by atoms with Gasteiger partial charge in [-0.3, -0.25) is 0 Å². The zero-order valence-electron chi connectivity index (χ0n) is 10.9. The molecule has 0 amide bonds. The lowest BCUT2D eigenvalue weighted by molar-refractivity contribution is 0.812. The summed E-state index contributed by atoms with van der Waals surface area (Å²) < 4.78 is 0. The maximum Gasteiger partial charge on any atom is 0.145 e. The molecule has 0 saturated heterocycles. The number of hydrogen-bond acceptors (Lipinski definition) is 5. The number of aromatic nitrogens is 1. The standard InChI is InChI=1S/C15H14N4S/c16-9-13-11(2-1-5-18-13)10-19-6-7-20-15-4-3-12(17)8-14(15)19/h1-5,8H,6-7,10,17H2. The zero-order valence-corrected chi connectivity index (χ0v) is 11.7. The number of nitrogens with two attached hydrogens (primary N) is 1. The van der Waals surface area contributed by atoms with Gasteiger partial charge in [-0.2, -0.15) is 5.26 Å². The second-order valence-electron chi connectivity index (χ2n) is 4.62. The molecule has 1 aromatic carbocycles. The molecule has 2 aromatic rings. The van der Waals surface area contributed by atoms with Gasteiger partial charge in [0, 0.05) is 41.2 Å². The molecule has 0 aliphatic carbocycles. The SMILES string of the molecule is N#Cc1ncccc1CN1CCSc2ccc(N)cc21. The predicted octanol–water partition coefficient (Wildman–Crippen LogP) is 2.65. The largest absolute Gasteiger partial charge is 0.399 e. The molecule has 0 spiro atoms. The van der Waals surface area contributed by atoms with Gasteiger partial charge in [0.2, 0.25) is 0 Å². The van der Waals surface area contributed by atoms with Crippen molar-refractivity contribution in [3.63, 3.8) is 0 Å². The molecule has 0 fully saturated rings. The van der Waals surface area contributed by atoms with Crippen LogP contribution in [0, 0.1) is 11.3 Å². The Morgan fingerprint density at radius 2 is 2.30 bits per heavy atom. The molecule has 4 nitrogen and oxygen atoms in total. The van der Waals surface area contributed by atoms with E-state index in [-0.39, 0.29) is 0 Å². The Balaban J connectivity index is 1.94. The van der Waals surface area contributed by atoms with Crippen LogP contribution in [0.3, 0.4) is 0 Å². The lowest BCUT2D eigenvalue weighted by Crippen LogP contribution is -2.29. The van der Waals surface area contributed by atoms with Crippen LogP contribution in [-0.4, -0.2) is 17.3 Å². The molecule has 0 unspecified atom stereocenters. The number of thioether (sulfide) groups is 1. The molecule has 1 aliphatic rings. The molecule has 0 saturated carbocycles. The molecule has 100 valence electrons. The second-order valence-corrected chi connectivity index (χ2v) is 5.76. The van der Waals surface area contributed by atoms with Crippen molar-refractivity contribution in [1.29, 1.82) is 5.26 Å². The van der Waals surface area contributed by atoms with Crippen molar-refractivity contribution in [3.05, 3.63) is 47.8 Å². The first-order chi connectivity index (χ1) is 9.78. The second kappa shape index (κ2) is 5.43. The van der Waals surface area contributed by atoms with Crippen LogP contribution in [0.25, 0.3) is 0 Å². The van der Waals surface area contributed by atoms with Gasteiger partial charge in [-0.15, -0.1) is 11.8 Å². The van der Waals surface area contributed by atoms with Crippen LogP contribution in [0.4, 0.5) is 11.4 Å². The van der Waals surface area contributed by atoms with Crippen LogP contribution in [0.2, 0.25) is 0 Å². The molecule has 2 heterocycles. The van der Waals surface area contributed by atoms with Gasteiger partial charge in [-0.25, -0.2) is 4.98 Å². The highest BCUT2D eigenvalue weighted by atomic mass is 32.2. The minimum Gasteiger partial charge on any atom is -0.399 e. The van der Waals surface area contributed by atoms with Crippen molar-refractivity contribution >= 4 is 23.1 Å². The first kappa shape index (κ1) is 12.8. The fourth-order valence-electron chi connectivity index (χ4n) is 2.33. The number of nitrogens with zero attached hydrogens (tertiary/aromatic N) is 3. The third-order valence-corrected chi connectivity index (χ3v) is 4.34. The molecule has 2 N–H and O–H groups in total. The number of nitriles is 1. The third kappa shape index (κ3) is 2.43. The molecule has 20 heavy (non-hydrogen) atoms. The van der Waals surface area contributed by atoms with E-state index in [9.17, 15) is 0 Å². The smallest absolute Gasteiger partial charge is 0.145 e. The van der Waals surface area contributed by atoms with Gasteiger partial charge >= 0.3 is 0 Å². The Morgan fingerprint density at radius 3 is 3.15 bits per heavy atom. The Bertz CT molecular complexity index is 678. The van der Waals surface area contributed by atoms with E-state index < -0.39 is 0 Å². The van der Waals surface area contributed by atoms with E-state index >= 15 is 0 Å². The van der Waals surface area contributed by atoms with Crippen LogP contribution in [-0.2, 0) is 6.54 Å². The molecular weight excluding hydrogens is 268 g/mol. The highest BCUT2D eigenvalue weighted by Gasteiger charge is 2.18. The summed E-state index contributed by atoms with van der Waals surface area (Å²) in [7, 11) is 0. The average Bonchev–Trinajstić information content (AvgIpc) is 2.48. The lowest BCUT2D eigenvalue weighted by atomic mass is 10.1. The van der Waals surface area contributed by atoms with E-state index in [4.69, 9.17) is 11.0 Å². The van der Waals surface area contributed by atoms with Gasteiger partial charge in [0.1, 0.15) is 11.8 Å². The normalized spacial score (nSPS) is 13.7. The number of benzene rings is 1. The van der Waals surface area contributed by atoms with Crippen LogP contribution in [0.5, 0.6) is 0 Å². The molecule has 3 rings (SSSR count). The molecule has 1 aliphatic heterocycles. The van der Waals surface area contributed by atoms with Gasteiger partial charge in [-0.05, 0) is 24.3 Å². The number of anilines is 2. The van der Waals surface area contributed by atoms with Crippen LogP contribution in [0.1, 0.15) is 11.3 Å². The van der Waals surface area contributed by atoms with Crippen molar-refractivity contribution in [1.82, 2.24) is 4.98 Å². The van der Waals surface area contributed by atoms with Gasteiger partial charge in [0.05, 0.1) is 5.69 Å². The van der Waals surface area contributed by atoms with Crippen LogP contribution in [0.15, 0.2) is 41.4 Å². The third-order valence-electron chi connectivity index (χ3n) is 3.30. The van der Waals surface area contributed by atoms with Crippen molar-refractivity contribution < 1.29 is 0 Å². The first-order valence-electron chi connectivity index (χ1n) is 6.39. The predicted molar refractivity (Wildman–Crippen MR) is 81.6 cm³/mol. The summed E-state index contributed by atoms with van der Waals surface area (Å²) in [6.45, 7) is 1.63. The fourth-order valence-corrected chi connectivity index (χ4v) is 3.36. The van der Waals surface area contributed by atoms with E-state index in [0.29, 0.717) is 12.2 Å². The van der Waals surface area contributed by atoms with E-state index in [1.807, 2.05) is 36.0 Å². The van der Waals surface area contributed by atoms with Gasteiger partial charge in [-0.1, -0.05) is 6.07 Å². The van der Waals surface area contributed by atoms with Crippen molar-refractivity contribution in [2.75, 3.05) is 22.9 Å². The summed E-state index contributed by atoms with van der Waals surface area (Å²) in [4.78, 5) is 7.63. The summed E-state index contributed by atoms with van der Waals surface area (Å²) in [5.74, 6) is 1.04. The Kier molecular flexibility index (Phi) is 3.48. The van der Waals surface area contributed by atoms with Crippen LogP contribution >= 0.6 is 11.8 Å². The molecule has 1 aromatic heterocycles. The minimum atomic E-state index is 0.496. The average molecular weight is 282 g/mol. The number of rotatable bonds is 2. The lowest BCUT2D eigenvalue weighted by Gasteiger charge is -2.31. The molecule has 0 bridgehead atoms. The van der Waals surface area contributed by atoms with E-state index in [1.165, 1.54) is 4.90 Å². The maximum atomic E-state index is 9.13. The van der Waals surface area contributed by atoms with Gasteiger partial charge in [0.25, 0.3) is 0 Å². The van der Waals surface area contributed by atoms with E-state index in [0.717, 1.165) is 29.2 Å². The highest BCUT2D eigenvalue weighted by molar-refractivity contribution is 7.99. The van der Waals surface area contributed by atoms with Gasteiger partial charge < -0.3 is 10.6 Å². The summed E-state index contributed by atoms with van der Waals surface area (Å²) in [6, 6.07) is 12.0. The maximum absolute atomic E-state index is 9.13. The highest BCUT2D eigenvalue weighted by Crippen LogP contribution is 2.36. The first-order valence-corrected chi connectivity index (χ1v) is 7.38. The van der Waals surface area contributed by atoms with Crippen molar-refractivity contribution in [2.45, 2.75) is 11.4 Å². The Labute approximate surface area is 122 Å². The molecular formula is C15H14N4S. The number of pyridine rings is 1. The fraction of sp³-hybridized carbons (Fsp3) is 0.200. The summed E-state index contributed by atoms with van der Waals surface area (Å²) in [6.07, 6.45) is 1.65. The summed E-state index contributed by atoms with van der Waals surface area (Å²) >= 11 is 1.84. The number of nitrogen functional groups attached to an aromatic ring is 1. The van der Waals surface area contributed by atoms with E-state index in [2.05, 4.69) is 22.0 Å². The minimum absolute atomic E-state index is 0.496. The molecule has 0 radical (unpaired) electrons. The quantitative estimate of drug-likeness (QED) is 0.858. The Morgan fingerprint density at radius 1 is 1.40 bits per heavy atom. The number of hydrogen-bond donors (Lipinski definition) is 1. The molecule has 5 heteroatoms. The van der Waals surface area contributed by atoms with Crippen LogP contribution < -0.4 is 10.6 Å². The number of fused-ring (bicyclic) bond motifs is 1. The summed E-state index contributed by atoms with van der Waals surface area (Å²) in [5.41, 5.74) is 9.26.